The summed E-state index contributed by atoms with van der Waals surface area (Å²) in [7, 11) is 0. The van der Waals surface area contributed by atoms with Crippen molar-refractivity contribution >= 4 is 35.0 Å². The minimum absolute atomic E-state index is 0.0171. The maximum atomic E-state index is 13.1. The molecule has 4 aromatic rings. The van der Waals surface area contributed by atoms with Crippen LogP contribution in [0, 0.1) is 12.5 Å². The molecule has 2 aromatic heterocycles. The Kier molecular flexibility index (Phi) is 10.1. The zero-order valence-corrected chi connectivity index (χ0v) is 24.4. The van der Waals surface area contributed by atoms with Crippen LogP contribution in [0.1, 0.15) is 56.1 Å². The quantitative estimate of drug-likeness (QED) is 0.150. The van der Waals surface area contributed by atoms with Crippen LogP contribution in [0.3, 0.4) is 0 Å². The van der Waals surface area contributed by atoms with Gasteiger partial charge in [-0.2, -0.15) is 9.97 Å². The van der Waals surface area contributed by atoms with Gasteiger partial charge in [-0.05, 0) is 47.7 Å². The molecule has 0 bridgehead atoms. The van der Waals surface area contributed by atoms with Gasteiger partial charge in [-0.15, -0.1) is 0 Å². The minimum atomic E-state index is -0.0780. The number of halogens is 1. The number of benzene rings is 2. The van der Waals surface area contributed by atoms with Crippen LogP contribution in [0.5, 0.6) is 0 Å². The molecule has 1 unspecified atom stereocenters. The van der Waals surface area contributed by atoms with Crippen LogP contribution in [0.4, 0.5) is 17.5 Å². The lowest BCUT2D eigenvalue weighted by molar-refractivity contribution is -0.121. The van der Waals surface area contributed by atoms with E-state index in [9.17, 15) is 4.79 Å². The Hall–Kier alpha value is -4.35. The standard InChI is InChI=1S/C33H36ClN7O/c1-35-28-14-12-25(13-15-28)22-36-32(42)20-29(19-24-8-3-2-4-9-24)38-30-21-31(41-16-5-6-17-41)40-33(39-30)37-23-26-10-7-11-27(34)18-26/h5-7,10-18,21,24,29H,2-4,8-9,19-20,22-23H2,(H,36,42)(H2,37,38,39,40). The SMILES string of the molecule is [C-]#[N+]c1ccc(CNC(=O)CC(CC2CCCCC2)Nc2cc(-n3cccc3)nc(NCc3cccc(Cl)c3)n2)cc1. The second kappa shape index (κ2) is 14.5. The lowest BCUT2D eigenvalue weighted by atomic mass is 9.84. The van der Waals surface area contributed by atoms with Crippen molar-refractivity contribution in [1.29, 1.82) is 0 Å². The number of hydrogen-bond acceptors (Lipinski definition) is 5. The summed E-state index contributed by atoms with van der Waals surface area (Å²) in [6.45, 7) is 8.08. The van der Waals surface area contributed by atoms with Gasteiger partial charge in [0.25, 0.3) is 0 Å². The molecule has 0 saturated heterocycles. The van der Waals surface area contributed by atoms with E-state index in [1.807, 2.05) is 71.6 Å². The van der Waals surface area contributed by atoms with Crippen molar-refractivity contribution in [1.82, 2.24) is 19.9 Å². The molecule has 8 nitrogen and oxygen atoms in total. The molecule has 3 N–H and O–H groups in total. The summed E-state index contributed by atoms with van der Waals surface area (Å²) in [5.74, 6) is 2.46. The van der Waals surface area contributed by atoms with Crippen molar-refractivity contribution in [3.05, 3.63) is 107 Å². The number of hydrogen-bond donors (Lipinski definition) is 3. The summed E-state index contributed by atoms with van der Waals surface area (Å²) in [6, 6.07) is 20.8. The maximum absolute atomic E-state index is 13.1. The molecule has 0 radical (unpaired) electrons. The number of rotatable bonds is 12. The first-order chi connectivity index (χ1) is 20.5. The molecular formula is C33H36ClN7O. The summed E-state index contributed by atoms with van der Waals surface area (Å²) < 4.78 is 1.94. The molecule has 1 fully saturated rings. The molecule has 5 rings (SSSR count). The molecule has 1 atom stereocenters. The molecular weight excluding hydrogens is 546 g/mol. The summed E-state index contributed by atoms with van der Waals surface area (Å²) >= 11 is 6.18. The summed E-state index contributed by atoms with van der Waals surface area (Å²) in [6.07, 6.45) is 11.3. The van der Waals surface area contributed by atoms with Gasteiger partial charge in [-0.3, -0.25) is 4.79 Å². The summed E-state index contributed by atoms with van der Waals surface area (Å²) in [5, 5.41) is 10.7. The van der Waals surface area contributed by atoms with Gasteiger partial charge in [-0.25, -0.2) is 4.85 Å². The van der Waals surface area contributed by atoms with E-state index >= 15 is 0 Å². The number of carbonyl (C=O) groups excluding carboxylic acids is 1. The number of anilines is 2. The summed E-state index contributed by atoms with van der Waals surface area (Å²) in [5.41, 5.74) is 2.59. The summed E-state index contributed by atoms with van der Waals surface area (Å²) in [4.78, 5) is 26.1. The topological polar surface area (TPSA) is 88.2 Å². The third kappa shape index (κ3) is 8.58. The fourth-order valence-corrected chi connectivity index (χ4v) is 5.66. The zero-order valence-electron chi connectivity index (χ0n) is 23.6. The first-order valence-electron chi connectivity index (χ1n) is 14.5. The number of nitrogens with zero attached hydrogens (tertiary/aromatic N) is 4. The Morgan fingerprint density at radius 3 is 2.50 bits per heavy atom. The van der Waals surface area contributed by atoms with Crippen molar-refractivity contribution < 1.29 is 4.79 Å². The van der Waals surface area contributed by atoms with E-state index in [2.05, 4.69) is 20.8 Å². The predicted molar refractivity (Wildman–Crippen MR) is 168 cm³/mol. The van der Waals surface area contributed by atoms with Crippen molar-refractivity contribution in [3.63, 3.8) is 0 Å². The average molecular weight is 582 g/mol. The van der Waals surface area contributed by atoms with Crippen LogP contribution in [-0.2, 0) is 17.9 Å². The highest BCUT2D eigenvalue weighted by Crippen LogP contribution is 2.29. The van der Waals surface area contributed by atoms with Gasteiger partial charge < -0.3 is 20.5 Å². The van der Waals surface area contributed by atoms with Crippen LogP contribution in [0.2, 0.25) is 5.02 Å². The van der Waals surface area contributed by atoms with E-state index in [4.69, 9.17) is 28.1 Å². The first kappa shape index (κ1) is 29.2. The zero-order chi connectivity index (χ0) is 29.1. The fraction of sp³-hybridized carbons (Fsp3) is 0.333. The first-order valence-corrected chi connectivity index (χ1v) is 14.9. The molecule has 0 spiro atoms. The Labute approximate surface area is 252 Å². The van der Waals surface area contributed by atoms with Crippen LogP contribution >= 0.6 is 11.6 Å². The molecule has 216 valence electrons. The minimum Gasteiger partial charge on any atom is -0.367 e. The molecule has 1 amide bonds. The largest absolute Gasteiger partial charge is 0.367 e. The lowest BCUT2D eigenvalue weighted by Crippen LogP contribution is -2.33. The second-order valence-corrected chi connectivity index (χ2v) is 11.3. The van der Waals surface area contributed by atoms with E-state index in [-0.39, 0.29) is 11.9 Å². The number of amides is 1. The Morgan fingerprint density at radius 1 is 0.976 bits per heavy atom. The third-order valence-electron chi connectivity index (χ3n) is 7.60. The van der Waals surface area contributed by atoms with Crippen LogP contribution < -0.4 is 16.0 Å². The van der Waals surface area contributed by atoms with E-state index in [1.54, 1.807) is 12.1 Å². The monoisotopic (exact) mass is 581 g/mol. The van der Waals surface area contributed by atoms with Gasteiger partial charge in [0, 0.05) is 49.0 Å². The number of carbonyl (C=O) groups is 1. The molecule has 2 aromatic carbocycles. The van der Waals surface area contributed by atoms with Crippen LogP contribution in [0.15, 0.2) is 79.1 Å². The van der Waals surface area contributed by atoms with E-state index in [0.717, 1.165) is 23.4 Å². The van der Waals surface area contributed by atoms with E-state index in [0.29, 0.717) is 47.9 Å². The van der Waals surface area contributed by atoms with Crippen LogP contribution in [-0.4, -0.2) is 26.5 Å². The van der Waals surface area contributed by atoms with Crippen molar-refractivity contribution in [2.24, 2.45) is 5.92 Å². The van der Waals surface area contributed by atoms with Gasteiger partial charge in [0.2, 0.25) is 11.9 Å². The van der Waals surface area contributed by atoms with Gasteiger partial charge in [-0.1, -0.05) is 80.1 Å². The normalized spacial score (nSPS) is 14.1. The van der Waals surface area contributed by atoms with E-state index in [1.165, 1.54) is 32.1 Å². The second-order valence-electron chi connectivity index (χ2n) is 10.8. The van der Waals surface area contributed by atoms with Crippen LogP contribution in [0.25, 0.3) is 10.7 Å². The Morgan fingerprint density at radius 2 is 1.76 bits per heavy atom. The van der Waals surface area contributed by atoms with Crippen molar-refractivity contribution in [2.45, 2.75) is 64.1 Å². The number of nitrogens with one attached hydrogen (secondary N) is 3. The predicted octanol–water partition coefficient (Wildman–Crippen LogP) is 7.54. The molecule has 9 heteroatoms. The molecule has 2 heterocycles. The smallest absolute Gasteiger partial charge is 0.226 e. The van der Waals surface area contributed by atoms with Gasteiger partial charge in [0.15, 0.2) is 5.69 Å². The van der Waals surface area contributed by atoms with Gasteiger partial charge in [0.1, 0.15) is 11.6 Å². The maximum Gasteiger partial charge on any atom is 0.226 e. The highest BCUT2D eigenvalue weighted by Gasteiger charge is 2.22. The molecule has 42 heavy (non-hydrogen) atoms. The lowest BCUT2D eigenvalue weighted by Gasteiger charge is -2.27. The van der Waals surface area contributed by atoms with Crippen molar-refractivity contribution in [3.8, 4) is 5.82 Å². The third-order valence-corrected chi connectivity index (χ3v) is 7.84. The van der Waals surface area contributed by atoms with E-state index < -0.39 is 0 Å². The van der Waals surface area contributed by atoms with Gasteiger partial charge >= 0.3 is 0 Å². The molecule has 0 aliphatic heterocycles. The number of aromatic nitrogens is 3. The van der Waals surface area contributed by atoms with Gasteiger partial charge in [0.05, 0.1) is 6.57 Å². The highest BCUT2D eigenvalue weighted by molar-refractivity contribution is 6.30. The molecule has 1 aliphatic carbocycles. The fourth-order valence-electron chi connectivity index (χ4n) is 5.45. The Bertz CT molecular complexity index is 1490. The average Bonchev–Trinajstić information content (AvgIpc) is 3.55. The Balaban J connectivity index is 1.31. The molecule has 1 aliphatic rings. The highest BCUT2D eigenvalue weighted by atomic mass is 35.5. The molecule has 1 saturated carbocycles. The van der Waals surface area contributed by atoms with Crippen molar-refractivity contribution in [2.75, 3.05) is 10.6 Å².